The SMILES string of the molecule is Nc1ccc(Cl)c(C(=O)c2ccc3c(c2)OCCO3)c1. The van der Waals surface area contributed by atoms with Gasteiger partial charge in [0.15, 0.2) is 17.3 Å². The lowest BCUT2D eigenvalue weighted by Crippen LogP contribution is -2.16. The van der Waals surface area contributed by atoms with Gasteiger partial charge >= 0.3 is 0 Å². The van der Waals surface area contributed by atoms with Gasteiger partial charge in [-0.15, -0.1) is 0 Å². The van der Waals surface area contributed by atoms with Crippen LogP contribution in [0, 0.1) is 0 Å². The van der Waals surface area contributed by atoms with Gasteiger partial charge in [-0.1, -0.05) is 11.6 Å². The number of nitrogen functional groups attached to an aromatic ring is 1. The number of hydrogen-bond donors (Lipinski definition) is 1. The van der Waals surface area contributed by atoms with Gasteiger partial charge < -0.3 is 15.2 Å². The summed E-state index contributed by atoms with van der Waals surface area (Å²) < 4.78 is 10.9. The molecule has 0 saturated heterocycles. The maximum Gasteiger partial charge on any atom is 0.194 e. The topological polar surface area (TPSA) is 61.6 Å². The van der Waals surface area contributed by atoms with Crippen molar-refractivity contribution in [1.29, 1.82) is 0 Å². The Morgan fingerprint density at radius 3 is 2.60 bits per heavy atom. The Morgan fingerprint density at radius 2 is 1.80 bits per heavy atom. The van der Waals surface area contributed by atoms with Crippen molar-refractivity contribution in [3.05, 3.63) is 52.5 Å². The summed E-state index contributed by atoms with van der Waals surface area (Å²) in [7, 11) is 0. The number of carbonyl (C=O) groups is 1. The van der Waals surface area contributed by atoms with E-state index in [4.69, 9.17) is 26.8 Å². The zero-order valence-corrected chi connectivity index (χ0v) is 11.3. The molecule has 2 N–H and O–H groups in total. The van der Waals surface area contributed by atoms with E-state index in [0.29, 0.717) is 46.5 Å². The Morgan fingerprint density at radius 1 is 1.05 bits per heavy atom. The maximum atomic E-state index is 12.5. The third-order valence-corrected chi connectivity index (χ3v) is 3.37. The van der Waals surface area contributed by atoms with Gasteiger partial charge in [-0.25, -0.2) is 0 Å². The van der Waals surface area contributed by atoms with Crippen molar-refractivity contribution in [3.8, 4) is 11.5 Å². The van der Waals surface area contributed by atoms with Crippen molar-refractivity contribution in [2.45, 2.75) is 0 Å². The van der Waals surface area contributed by atoms with Gasteiger partial charge in [0, 0.05) is 16.8 Å². The number of anilines is 1. The molecule has 0 saturated carbocycles. The summed E-state index contributed by atoms with van der Waals surface area (Å²) in [6.45, 7) is 0.991. The molecule has 102 valence electrons. The average Bonchev–Trinajstić information content (AvgIpc) is 2.48. The average molecular weight is 290 g/mol. The highest BCUT2D eigenvalue weighted by molar-refractivity contribution is 6.35. The number of halogens is 1. The summed E-state index contributed by atoms with van der Waals surface area (Å²) in [6.07, 6.45) is 0. The van der Waals surface area contributed by atoms with E-state index in [9.17, 15) is 4.79 Å². The first-order valence-corrected chi connectivity index (χ1v) is 6.52. The summed E-state index contributed by atoms with van der Waals surface area (Å²) in [4.78, 5) is 12.5. The summed E-state index contributed by atoms with van der Waals surface area (Å²) in [5.41, 5.74) is 7.06. The smallest absolute Gasteiger partial charge is 0.194 e. The molecule has 0 spiro atoms. The van der Waals surface area contributed by atoms with Crippen molar-refractivity contribution < 1.29 is 14.3 Å². The molecular formula is C15H12ClNO3. The van der Waals surface area contributed by atoms with Crippen LogP contribution in [-0.2, 0) is 0 Å². The molecule has 1 aliphatic rings. The summed E-state index contributed by atoms with van der Waals surface area (Å²) in [5.74, 6) is 1.02. The van der Waals surface area contributed by atoms with Crippen molar-refractivity contribution in [2.75, 3.05) is 18.9 Å². The Labute approximate surface area is 121 Å². The first-order chi connectivity index (χ1) is 9.65. The zero-order valence-electron chi connectivity index (χ0n) is 10.6. The number of carbonyl (C=O) groups excluding carboxylic acids is 1. The van der Waals surface area contributed by atoms with Gasteiger partial charge in [0.2, 0.25) is 0 Å². The fraction of sp³-hybridized carbons (Fsp3) is 0.133. The molecule has 4 nitrogen and oxygen atoms in total. The second-order valence-corrected chi connectivity index (χ2v) is 4.83. The Hall–Kier alpha value is -2.20. The number of rotatable bonds is 2. The van der Waals surface area contributed by atoms with Crippen LogP contribution in [0.15, 0.2) is 36.4 Å². The lowest BCUT2D eigenvalue weighted by molar-refractivity contribution is 0.103. The molecular weight excluding hydrogens is 278 g/mol. The van der Waals surface area contributed by atoms with Crippen LogP contribution in [0.25, 0.3) is 0 Å². The van der Waals surface area contributed by atoms with Gasteiger partial charge in [0.1, 0.15) is 13.2 Å². The molecule has 0 atom stereocenters. The molecule has 0 radical (unpaired) electrons. The summed E-state index contributed by atoms with van der Waals surface area (Å²) in [6, 6.07) is 9.92. The maximum absolute atomic E-state index is 12.5. The number of fused-ring (bicyclic) bond motifs is 1. The molecule has 2 aromatic rings. The van der Waals surface area contributed by atoms with Crippen LogP contribution in [0.1, 0.15) is 15.9 Å². The van der Waals surface area contributed by atoms with E-state index in [2.05, 4.69) is 0 Å². The van der Waals surface area contributed by atoms with E-state index in [0.717, 1.165) is 0 Å². The Balaban J connectivity index is 2.00. The van der Waals surface area contributed by atoms with E-state index in [-0.39, 0.29) is 5.78 Å². The van der Waals surface area contributed by atoms with Crippen LogP contribution in [0.2, 0.25) is 5.02 Å². The predicted molar refractivity (Wildman–Crippen MR) is 76.7 cm³/mol. The predicted octanol–water partition coefficient (Wildman–Crippen LogP) is 2.92. The minimum atomic E-state index is -0.195. The number of benzene rings is 2. The highest BCUT2D eigenvalue weighted by Crippen LogP contribution is 2.32. The lowest BCUT2D eigenvalue weighted by atomic mass is 10.0. The van der Waals surface area contributed by atoms with Gasteiger partial charge in [0.25, 0.3) is 0 Å². The molecule has 0 amide bonds. The highest BCUT2D eigenvalue weighted by atomic mass is 35.5. The number of hydrogen-bond acceptors (Lipinski definition) is 4. The molecule has 0 aromatic heterocycles. The van der Waals surface area contributed by atoms with Gasteiger partial charge in [-0.05, 0) is 36.4 Å². The molecule has 3 rings (SSSR count). The first-order valence-electron chi connectivity index (χ1n) is 6.14. The van der Waals surface area contributed by atoms with Crippen LogP contribution in [-0.4, -0.2) is 19.0 Å². The summed E-state index contributed by atoms with van der Waals surface area (Å²) in [5, 5.41) is 0.374. The third kappa shape index (κ3) is 2.30. The molecule has 0 bridgehead atoms. The van der Waals surface area contributed by atoms with Crippen LogP contribution in [0.4, 0.5) is 5.69 Å². The normalized spacial score (nSPS) is 13.1. The quantitative estimate of drug-likeness (QED) is 0.682. The Bertz CT molecular complexity index is 685. The standard InChI is InChI=1S/C15H12ClNO3/c16-12-3-2-10(17)8-11(12)15(18)9-1-4-13-14(7-9)20-6-5-19-13/h1-4,7-8H,5-6,17H2. The molecule has 0 fully saturated rings. The molecule has 0 unspecified atom stereocenters. The second-order valence-electron chi connectivity index (χ2n) is 4.43. The van der Waals surface area contributed by atoms with Crippen molar-refractivity contribution in [2.24, 2.45) is 0 Å². The minimum Gasteiger partial charge on any atom is -0.486 e. The highest BCUT2D eigenvalue weighted by Gasteiger charge is 2.18. The molecule has 5 heteroatoms. The monoisotopic (exact) mass is 289 g/mol. The first kappa shape index (κ1) is 12.8. The van der Waals surface area contributed by atoms with Crippen molar-refractivity contribution in [1.82, 2.24) is 0 Å². The van der Waals surface area contributed by atoms with E-state index in [1.807, 2.05) is 0 Å². The van der Waals surface area contributed by atoms with E-state index in [1.165, 1.54) is 0 Å². The largest absolute Gasteiger partial charge is 0.486 e. The molecule has 1 aliphatic heterocycles. The van der Waals surface area contributed by atoms with Crippen LogP contribution >= 0.6 is 11.6 Å². The fourth-order valence-electron chi connectivity index (χ4n) is 2.06. The van der Waals surface area contributed by atoms with Crippen LogP contribution in [0.3, 0.4) is 0 Å². The van der Waals surface area contributed by atoms with Crippen molar-refractivity contribution >= 4 is 23.1 Å². The van der Waals surface area contributed by atoms with E-state index in [1.54, 1.807) is 36.4 Å². The van der Waals surface area contributed by atoms with Gasteiger partial charge in [-0.2, -0.15) is 0 Å². The number of ketones is 1. The van der Waals surface area contributed by atoms with Crippen LogP contribution in [0.5, 0.6) is 11.5 Å². The van der Waals surface area contributed by atoms with Gasteiger partial charge in [0.05, 0.1) is 5.02 Å². The zero-order chi connectivity index (χ0) is 14.1. The van der Waals surface area contributed by atoms with Crippen LogP contribution < -0.4 is 15.2 Å². The van der Waals surface area contributed by atoms with E-state index < -0.39 is 0 Å². The molecule has 0 aliphatic carbocycles. The summed E-state index contributed by atoms with van der Waals surface area (Å²) >= 11 is 6.05. The van der Waals surface area contributed by atoms with Crippen molar-refractivity contribution in [3.63, 3.8) is 0 Å². The molecule has 20 heavy (non-hydrogen) atoms. The minimum absolute atomic E-state index is 0.195. The Kier molecular flexibility index (Phi) is 3.24. The van der Waals surface area contributed by atoms with E-state index >= 15 is 0 Å². The van der Waals surface area contributed by atoms with Gasteiger partial charge in [-0.3, -0.25) is 4.79 Å². The molecule has 2 aromatic carbocycles. The third-order valence-electron chi connectivity index (χ3n) is 3.04. The number of nitrogens with two attached hydrogens (primary N) is 1. The molecule has 1 heterocycles. The lowest BCUT2D eigenvalue weighted by Gasteiger charge is -2.18. The second kappa shape index (κ2) is 5.06. The fourth-order valence-corrected chi connectivity index (χ4v) is 2.26. The number of ether oxygens (including phenoxy) is 2.